The lowest BCUT2D eigenvalue weighted by atomic mass is 10.1. The van der Waals surface area contributed by atoms with Crippen molar-refractivity contribution in [2.45, 2.75) is 38.4 Å². The Kier molecular flexibility index (Phi) is 3.87. The molecule has 1 heterocycles. The number of halogens is 3. The molecule has 1 aromatic heterocycles. The summed E-state index contributed by atoms with van der Waals surface area (Å²) in [6.07, 6.45) is -1.70. The summed E-state index contributed by atoms with van der Waals surface area (Å²) in [5.41, 5.74) is 4.13. The fourth-order valence-electron chi connectivity index (χ4n) is 2.46. The second-order valence-corrected chi connectivity index (χ2v) is 5.11. The van der Waals surface area contributed by atoms with Gasteiger partial charge in [-0.15, -0.1) is 0 Å². The van der Waals surface area contributed by atoms with Gasteiger partial charge >= 0.3 is 6.18 Å². The molecule has 2 atom stereocenters. The molecule has 1 aromatic rings. The predicted molar refractivity (Wildman–Crippen MR) is 68.2 cm³/mol. The maximum atomic E-state index is 12.7. The van der Waals surface area contributed by atoms with Crippen molar-refractivity contribution in [2.75, 3.05) is 5.32 Å². The number of primary amides is 1. The van der Waals surface area contributed by atoms with Gasteiger partial charge in [-0.2, -0.15) is 13.2 Å². The van der Waals surface area contributed by atoms with Crippen LogP contribution in [0.2, 0.25) is 0 Å². The van der Waals surface area contributed by atoms with Crippen molar-refractivity contribution in [1.82, 2.24) is 4.98 Å². The fourth-order valence-corrected chi connectivity index (χ4v) is 2.46. The quantitative estimate of drug-likeness (QED) is 0.898. The SMILES string of the molecule is CC1CCCC1Nc1nc(C(F)(F)F)ccc1C(N)=O. The van der Waals surface area contributed by atoms with E-state index >= 15 is 0 Å². The Hall–Kier alpha value is -1.79. The van der Waals surface area contributed by atoms with Crippen LogP contribution < -0.4 is 11.1 Å². The van der Waals surface area contributed by atoms with Gasteiger partial charge in [-0.3, -0.25) is 4.79 Å². The first-order valence-corrected chi connectivity index (χ1v) is 6.43. The van der Waals surface area contributed by atoms with Crippen LogP contribution in [0.4, 0.5) is 19.0 Å². The van der Waals surface area contributed by atoms with E-state index in [2.05, 4.69) is 10.3 Å². The zero-order valence-corrected chi connectivity index (χ0v) is 11.0. The van der Waals surface area contributed by atoms with Crippen LogP contribution in [0.15, 0.2) is 12.1 Å². The number of hydrogen-bond donors (Lipinski definition) is 2. The molecule has 0 aliphatic heterocycles. The topological polar surface area (TPSA) is 68.0 Å². The highest BCUT2D eigenvalue weighted by atomic mass is 19.4. The number of nitrogens with two attached hydrogens (primary N) is 1. The molecule has 2 unspecified atom stereocenters. The molecule has 3 N–H and O–H groups in total. The van der Waals surface area contributed by atoms with Crippen LogP contribution >= 0.6 is 0 Å². The third kappa shape index (κ3) is 3.02. The van der Waals surface area contributed by atoms with Gasteiger partial charge in [0.25, 0.3) is 5.91 Å². The molecule has 1 aliphatic carbocycles. The highest BCUT2D eigenvalue weighted by Gasteiger charge is 2.34. The van der Waals surface area contributed by atoms with Crippen LogP contribution in [-0.4, -0.2) is 16.9 Å². The van der Waals surface area contributed by atoms with Gasteiger partial charge in [0.05, 0.1) is 5.56 Å². The van der Waals surface area contributed by atoms with E-state index in [1.54, 1.807) is 0 Å². The highest BCUT2D eigenvalue weighted by molar-refractivity contribution is 5.97. The summed E-state index contributed by atoms with van der Waals surface area (Å²) in [4.78, 5) is 14.8. The summed E-state index contributed by atoms with van der Waals surface area (Å²) < 4.78 is 38.1. The Morgan fingerprint density at radius 3 is 2.60 bits per heavy atom. The number of amides is 1. The number of pyridine rings is 1. The van der Waals surface area contributed by atoms with Crippen molar-refractivity contribution in [2.24, 2.45) is 11.7 Å². The van der Waals surface area contributed by atoms with Crippen LogP contribution in [0.3, 0.4) is 0 Å². The highest BCUT2D eigenvalue weighted by Crippen LogP contribution is 2.32. The van der Waals surface area contributed by atoms with Crippen molar-refractivity contribution >= 4 is 11.7 Å². The Morgan fingerprint density at radius 2 is 2.10 bits per heavy atom. The molecule has 1 fully saturated rings. The molecule has 4 nitrogen and oxygen atoms in total. The predicted octanol–water partition coefficient (Wildman–Crippen LogP) is 2.80. The summed E-state index contributed by atoms with van der Waals surface area (Å²) in [6, 6.07) is 1.85. The molecule has 0 radical (unpaired) electrons. The molecule has 20 heavy (non-hydrogen) atoms. The number of nitrogens with one attached hydrogen (secondary N) is 1. The smallest absolute Gasteiger partial charge is 0.366 e. The second-order valence-electron chi connectivity index (χ2n) is 5.11. The first kappa shape index (κ1) is 14.6. The van der Waals surface area contributed by atoms with E-state index in [1.807, 2.05) is 6.92 Å². The molecule has 110 valence electrons. The minimum atomic E-state index is -4.55. The lowest BCUT2D eigenvalue weighted by Gasteiger charge is -2.20. The van der Waals surface area contributed by atoms with Crippen LogP contribution in [-0.2, 0) is 6.18 Å². The number of carbonyl (C=O) groups is 1. The molecular formula is C13H16F3N3O. The molecular weight excluding hydrogens is 271 g/mol. The Labute approximate surface area is 114 Å². The van der Waals surface area contributed by atoms with Crippen LogP contribution in [0.5, 0.6) is 0 Å². The van der Waals surface area contributed by atoms with Crippen molar-refractivity contribution in [3.05, 3.63) is 23.4 Å². The van der Waals surface area contributed by atoms with E-state index in [-0.39, 0.29) is 17.4 Å². The van der Waals surface area contributed by atoms with Crippen molar-refractivity contribution in [3.63, 3.8) is 0 Å². The van der Waals surface area contributed by atoms with E-state index < -0.39 is 17.8 Å². The third-order valence-electron chi connectivity index (χ3n) is 3.63. The minimum Gasteiger partial charge on any atom is -0.366 e. The van der Waals surface area contributed by atoms with Gasteiger partial charge in [-0.25, -0.2) is 4.98 Å². The molecule has 1 amide bonds. The van der Waals surface area contributed by atoms with E-state index in [4.69, 9.17) is 5.73 Å². The van der Waals surface area contributed by atoms with Crippen LogP contribution in [0.25, 0.3) is 0 Å². The van der Waals surface area contributed by atoms with Crippen molar-refractivity contribution < 1.29 is 18.0 Å². The maximum absolute atomic E-state index is 12.7. The van der Waals surface area contributed by atoms with Crippen LogP contribution in [0, 0.1) is 5.92 Å². The molecule has 1 saturated carbocycles. The third-order valence-corrected chi connectivity index (χ3v) is 3.63. The minimum absolute atomic E-state index is 0.0166. The molecule has 2 rings (SSSR count). The Bertz CT molecular complexity index is 516. The monoisotopic (exact) mass is 287 g/mol. The molecule has 7 heteroatoms. The average molecular weight is 287 g/mol. The number of nitrogens with zero attached hydrogens (tertiary/aromatic N) is 1. The Balaban J connectivity index is 2.34. The second kappa shape index (κ2) is 5.30. The van der Waals surface area contributed by atoms with Gasteiger partial charge in [-0.05, 0) is 30.9 Å². The van der Waals surface area contributed by atoms with Crippen molar-refractivity contribution in [3.8, 4) is 0 Å². The lowest BCUT2D eigenvalue weighted by molar-refractivity contribution is -0.141. The zero-order valence-electron chi connectivity index (χ0n) is 11.0. The van der Waals surface area contributed by atoms with Gasteiger partial charge in [-0.1, -0.05) is 13.3 Å². The van der Waals surface area contributed by atoms with Gasteiger partial charge in [0.15, 0.2) is 0 Å². The number of alkyl halides is 3. The normalized spacial score (nSPS) is 22.8. The number of rotatable bonds is 3. The molecule has 0 aromatic carbocycles. The van der Waals surface area contributed by atoms with E-state index in [0.717, 1.165) is 31.4 Å². The fraction of sp³-hybridized carbons (Fsp3) is 0.538. The maximum Gasteiger partial charge on any atom is 0.433 e. The summed E-state index contributed by atoms with van der Waals surface area (Å²) in [5.74, 6) is -0.544. The molecule has 0 saturated heterocycles. The van der Waals surface area contributed by atoms with Crippen molar-refractivity contribution in [1.29, 1.82) is 0 Å². The zero-order chi connectivity index (χ0) is 14.9. The number of carbonyl (C=O) groups excluding carboxylic acids is 1. The first-order chi connectivity index (χ1) is 9.29. The Morgan fingerprint density at radius 1 is 1.40 bits per heavy atom. The van der Waals surface area contributed by atoms with E-state index in [1.165, 1.54) is 0 Å². The van der Waals surface area contributed by atoms with Crippen LogP contribution in [0.1, 0.15) is 42.2 Å². The van der Waals surface area contributed by atoms with Gasteiger partial charge in [0.1, 0.15) is 11.5 Å². The first-order valence-electron chi connectivity index (χ1n) is 6.43. The summed E-state index contributed by atoms with van der Waals surface area (Å²) >= 11 is 0. The number of hydrogen-bond acceptors (Lipinski definition) is 3. The molecule has 1 aliphatic rings. The average Bonchev–Trinajstić information content (AvgIpc) is 2.73. The largest absolute Gasteiger partial charge is 0.433 e. The molecule has 0 bridgehead atoms. The number of aromatic nitrogens is 1. The van der Waals surface area contributed by atoms with Gasteiger partial charge < -0.3 is 11.1 Å². The van der Waals surface area contributed by atoms with E-state index in [9.17, 15) is 18.0 Å². The number of anilines is 1. The van der Waals surface area contributed by atoms with Gasteiger partial charge in [0, 0.05) is 6.04 Å². The van der Waals surface area contributed by atoms with E-state index in [0.29, 0.717) is 5.92 Å². The van der Waals surface area contributed by atoms with Gasteiger partial charge in [0.2, 0.25) is 0 Å². The summed E-state index contributed by atoms with van der Waals surface area (Å²) in [6.45, 7) is 2.02. The standard InChI is InChI=1S/C13H16F3N3O/c1-7-3-2-4-9(7)18-12-8(11(17)20)5-6-10(19-12)13(14,15)16/h5-7,9H,2-4H2,1H3,(H2,17,20)(H,18,19). The summed E-state index contributed by atoms with van der Waals surface area (Å²) in [7, 11) is 0. The summed E-state index contributed by atoms with van der Waals surface area (Å²) in [5, 5.41) is 2.94. The molecule has 0 spiro atoms. The lowest BCUT2D eigenvalue weighted by Crippen LogP contribution is -2.26.